The maximum Gasteiger partial charge on any atom is 0.337 e. The van der Waals surface area contributed by atoms with Crippen LogP contribution in [-0.2, 0) is 4.74 Å². The summed E-state index contributed by atoms with van der Waals surface area (Å²) >= 11 is 0. The second-order valence-electron chi connectivity index (χ2n) is 3.74. The topological polar surface area (TPSA) is 81.8 Å². The van der Waals surface area contributed by atoms with Crippen molar-refractivity contribution in [2.75, 3.05) is 20.8 Å². The van der Waals surface area contributed by atoms with Crippen LogP contribution < -0.4 is 10.5 Å². The number of carbonyl (C=O) groups is 1. The van der Waals surface area contributed by atoms with Gasteiger partial charge in [-0.15, -0.1) is 0 Å². The average Bonchev–Trinajstić information content (AvgIpc) is 2.37. The van der Waals surface area contributed by atoms with E-state index in [1.807, 2.05) is 6.92 Å². The highest BCUT2D eigenvalue weighted by atomic mass is 16.5. The second-order valence-corrected chi connectivity index (χ2v) is 3.74. The lowest BCUT2D eigenvalue weighted by molar-refractivity contribution is 0.0600. The molecule has 0 saturated heterocycles. The molecule has 3 N–H and O–H groups in total. The van der Waals surface area contributed by atoms with Crippen molar-refractivity contribution in [2.45, 2.75) is 12.8 Å². The van der Waals surface area contributed by atoms with E-state index in [1.165, 1.54) is 20.3 Å². The van der Waals surface area contributed by atoms with Gasteiger partial charge in [0.25, 0.3) is 0 Å². The van der Waals surface area contributed by atoms with Gasteiger partial charge in [-0.2, -0.15) is 0 Å². The average molecular weight is 239 g/mol. The first-order valence-corrected chi connectivity index (χ1v) is 5.24. The zero-order valence-electron chi connectivity index (χ0n) is 10.2. The van der Waals surface area contributed by atoms with Crippen molar-refractivity contribution in [3.05, 3.63) is 23.3 Å². The number of methoxy groups -OCH3 is 2. The highest BCUT2D eigenvalue weighted by molar-refractivity contribution is 5.90. The third-order valence-corrected chi connectivity index (χ3v) is 2.63. The summed E-state index contributed by atoms with van der Waals surface area (Å²) < 4.78 is 9.65. The minimum absolute atomic E-state index is 0.0121. The number of carbonyl (C=O) groups excluding carboxylic acids is 1. The van der Waals surface area contributed by atoms with Crippen LogP contribution in [0.5, 0.6) is 11.5 Å². The third-order valence-electron chi connectivity index (χ3n) is 2.63. The predicted molar refractivity (Wildman–Crippen MR) is 63.5 cm³/mol. The highest BCUT2D eigenvalue weighted by Gasteiger charge is 2.18. The van der Waals surface area contributed by atoms with Crippen molar-refractivity contribution < 1.29 is 19.4 Å². The van der Waals surface area contributed by atoms with Gasteiger partial charge in [0.2, 0.25) is 0 Å². The molecule has 1 aromatic rings. The SMILES string of the molecule is COC(=O)c1cc(OC)c(O)c(C(C)CN)c1. The Morgan fingerprint density at radius 2 is 2.12 bits per heavy atom. The number of rotatable bonds is 4. The van der Waals surface area contributed by atoms with Crippen LogP contribution in [0.4, 0.5) is 0 Å². The molecule has 1 unspecified atom stereocenters. The normalized spacial score (nSPS) is 12.0. The fourth-order valence-electron chi connectivity index (χ4n) is 1.52. The van der Waals surface area contributed by atoms with Gasteiger partial charge >= 0.3 is 5.97 Å². The number of phenols is 1. The van der Waals surface area contributed by atoms with Crippen LogP contribution >= 0.6 is 0 Å². The van der Waals surface area contributed by atoms with Crippen LogP contribution in [-0.4, -0.2) is 31.8 Å². The summed E-state index contributed by atoms with van der Waals surface area (Å²) in [6.45, 7) is 2.22. The molecule has 0 aliphatic heterocycles. The van der Waals surface area contributed by atoms with Crippen LogP contribution in [0, 0.1) is 0 Å². The van der Waals surface area contributed by atoms with E-state index in [0.717, 1.165) is 0 Å². The molecule has 0 spiro atoms. The number of nitrogens with two attached hydrogens (primary N) is 1. The summed E-state index contributed by atoms with van der Waals surface area (Å²) in [6.07, 6.45) is 0. The Balaban J connectivity index is 3.33. The predicted octanol–water partition coefficient (Wildman–Crippen LogP) is 1.25. The quantitative estimate of drug-likeness (QED) is 0.773. The van der Waals surface area contributed by atoms with E-state index in [1.54, 1.807) is 6.07 Å². The fourth-order valence-corrected chi connectivity index (χ4v) is 1.52. The number of esters is 1. The third kappa shape index (κ3) is 2.68. The van der Waals surface area contributed by atoms with Gasteiger partial charge in [-0.3, -0.25) is 0 Å². The first-order valence-electron chi connectivity index (χ1n) is 5.24. The molecule has 0 fully saturated rings. The standard InChI is InChI=1S/C12H17NO4/c1-7(6-13)9-4-8(12(15)17-3)5-10(16-2)11(9)14/h4-5,7,14H,6,13H2,1-3H3. The van der Waals surface area contributed by atoms with Crippen molar-refractivity contribution >= 4 is 5.97 Å². The maximum atomic E-state index is 11.5. The zero-order valence-corrected chi connectivity index (χ0v) is 10.2. The number of phenolic OH excluding ortho intramolecular Hbond substituents is 1. The van der Waals surface area contributed by atoms with Crippen molar-refractivity contribution in [3.8, 4) is 11.5 Å². The number of ether oxygens (including phenoxy) is 2. The second kappa shape index (κ2) is 5.54. The largest absolute Gasteiger partial charge is 0.504 e. The summed E-state index contributed by atoms with van der Waals surface area (Å²) in [7, 11) is 2.72. The first kappa shape index (κ1) is 13.3. The van der Waals surface area contributed by atoms with E-state index in [-0.39, 0.29) is 17.4 Å². The summed E-state index contributed by atoms with van der Waals surface area (Å²) in [5.41, 5.74) is 6.46. The molecule has 1 rings (SSSR count). The minimum atomic E-state index is -0.478. The Morgan fingerprint density at radius 3 is 2.59 bits per heavy atom. The summed E-state index contributed by atoms with van der Waals surface area (Å²) in [4.78, 5) is 11.5. The van der Waals surface area contributed by atoms with E-state index in [9.17, 15) is 9.90 Å². The molecule has 1 atom stereocenters. The van der Waals surface area contributed by atoms with Gasteiger partial charge in [-0.1, -0.05) is 6.92 Å². The van der Waals surface area contributed by atoms with E-state index in [4.69, 9.17) is 10.5 Å². The van der Waals surface area contributed by atoms with Crippen LogP contribution in [0.2, 0.25) is 0 Å². The highest BCUT2D eigenvalue weighted by Crippen LogP contribution is 2.35. The lowest BCUT2D eigenvalue weighted by Gasteiger charge is -2.15. The summed E-state index contributed by atoms with van der Waals surface area (Å²) in [5.74, 6) is -0.302. The number of aromatic hydroxyl groups is 1. The van der Waals surface area contributed by atoms with E-state index >= 15 is 0 Å². The molecule has 0 aromatic heterocycles. The van der Waals surface area contributed by atoms with E-state index in [0.29, 0.717) is 17.7 Å². The molecule has 0 aliphatic rings. The first-order chi connectivity index (χ1) is 8.04. The summed E-state index contributed by atoms with van der Waals surface area (Å²) in [6, 6.07) is 3.01. The molecule has 0 heterocycles. The van der Waals surface area contributed by atoms with Crippen LogP contribution in [0.25, 0.3) is 0 Å². The van der Waals surface area contributed by atoms with Gasteiger partial charge in [0.1, 0.15) is 0 Å². The molecule has 94 valence electrons. The summed E-state index contributed by atoms with van der Waals surface area (Å²) in [5, 5.41) is 9.94. The Labute approximate surface area is 100 Å². The molecule has 0 radical (unpaired) electrons. The number of benzene rings is 1. The minimum Gasteiger partial charge on any atom is -0.504 e. The molecule has 0 aliphatic carbocycles. The number of hydrogen-bond acceptors (Lipinski definition) is 5. The van der Waals surface area contributed by atoms with Crippen molar-refractivity contribution in [2.24, 2.45) is 5.73 Å². The van der Waals surface area contributed by atoms with Gasteiger partial charge in [-0.25, -0.2) is 4.79 Å². The molecule has 5 nitrogen and oxygen atoms in total. The van der Waals surface area contributed by atoms with Crippen molar-refractivity contribution in [1.29, 1.82) is 0 Å². The van der Waals surface area contributed by atoms with Crippen LogP contribution in [0.1, 0.15) is 28.8 Å². The molecule has 0 bridgehead atoms. The molecule has 0 amide bonds. The van der Waals surface area contributed by atoms with Gasteiger partial charge in [-0.05, 0) is 24.6 Å². The molecular formula is C12H17NO4. The molecule has 17 heavy (non-hydrogen) atoms. The van der Waals surface area contributed by atoms with Gasteiger partial charge < -0.3 is 20.3 Å². The molecule has 0 saturated carbocycles. The van der Waals surface area contributed by atoms with Gasteiger partial charge in [0, 0.05) is 5.56 Å². The van der Waals surface area contributed by atoms with E-state index in [2.05, 4.69) is 4.74 Å². The monoisotopic (exact) mass is 239 g/mol. The number of hydrogen-bond donors (Lipinski definition) is 2. The fraction of sp³-hybridized carbons (Fsp3) is 0.417. The maximum absolute atomic E-state index is 11.5. The Morgan fingerprint density at radius 1 is 1.47 bits per heavy atom. The Bertz CT molecular complexity index is 417. The lowest BCUT2D eigenvalue weighted by atomic mass is 9.97. The van der Waals surface area contributed by atoms with Crippen LogP contribution in [0.3, 0.4) is 0 Å². The van der Waals surface area contributed by atoms with Gasteiger partial charge in [0.05, 0.1) is 19.8 Å². The molecule has 1 aromatic carbocycles. The Hall–Kier alpha value is -1.75. The molecule has 5 heteroatoms. The Kier molecular flexibility index (Phi) is 4.34. The van der Waals surface area contributed by atoms with E-state index < -0.39 is 5.97 Å². The zero-order chi connectivity index (χ0) is 13.0. The van der Waals surface area contributed by atoms with Crippen molar-refractivity contribution in [1.82, 2.24) is 0 Å². The lowest BCUT2D eigenvalue weighted by Crippen LogP contribution is -2.11. The smallest absolute Gasteiger partial charge is 0.337 e. The van der Waals surface area contributed by atoms with Gasteiger partial charge in [0.15, 0.2) is 11.5 Å². The van der Waals surface area contributed by atoms with Crippen LogP contribution in [0.15, 0.2) is 12.1 Å². The van der Waals surface area contributed by atoms with Crippen molar-refractivity contribution in [3.63, 3.8) is 0 Å². The molecular weight excluding hydrogens is 222 g/mol.